The highest BCUT2D eigenvalue weighted by Crippen LogP contribution is 2.32. The van der Waals surface area contributed by atoms with E-state index in [0.29, 0.717) is 6.07 Å². The van der Waals surface area contributed by atoms with Gasteiger partial charge in [0, 0.05) is 6.42 Å². The van der Waals surface area contributed by atoms with E-state index >= 15 is 0 Å². The van der Waals surface area contributed by atoms with E-state index in [1.54, 1.807) is 0 Å². The van der Waals surface area contributed by atoms with Crippen LogP contribution in [0.2, 0.25) is 0 Å². The Bertz CT molecular complexity index is 439. The lowest BCUT2D eigenvalue weighted by atomic mass is 10.1. The lowest BCUT2D eigenvalue weighted by Gasteiger charge is -2.10. The van der Waals surface area contributed by atoms with E-state index in [-0.39, 0.29) is 12.5 Å². The Hall–Kier alpha value is -1.66. The van der Waals surface area contributed by atoms with Gasteiger partial charge in [0.15, 0.2) is 0 Å². The molecule has 0 bridgehead atoms. The second kappa shape index (κ2) is 4.68. The number of aryl methyl sites for hydroxylation is 1. The first-order chi connectivity index (χ1) is 7.71. The summed E-state index contributed by atoms with van der Waals surface area (Å²) in [5, 5.41) is 8.32. The van der Waals surface area contributed by atoms with Crippen LogP contribution >= 0.6 is 0 Å². The molecule has 0 fully saturated rings. The maximum Gasteiger partial charge on any atom is 0.419 e. The summed E-state index contributed by atoms with van der Waals surface area (Å²) in [4.78, 5) is 10.2. The van der Waals surface area contributed by atoms with Gasteiger partial charge in [-0.3, -0.25) is 4.79 Å². The van der Waals surface area contributed by atoms with Gasteiger partial charge >= 0.3 is 12.1 Å². The summed E-state index contributed by atoms with van der Waals surface area (Å²) in [5.41, 5.74) is -2.09. The average Bonchev–Trinajstić information content (AvgIpc) is 2.17. The van der Waals surface area contributed by atoms with Gasteiger partial charge in [0.1, 0.15) is 11.6 Å². The first kappa shape index (κ1) is 13.4. The van der Waals surface area contributed by atoms with Gasteiger partial charge in [0.2, 0.25) is 0 Å². The van der Waals surface area contributed by atoms with Crippen LogP contribution in [0.25, 0.3) is 0 Å². The third-order valence-electron chi connectivity index (χ3n) is 2.05. The number of hydrogen-bond donors (Lipinski definition) is 1. The molecule has 0 heterocycles. The van der Waals surface area contributed by atoms with Gasteiger partial charge in [0.25, 0.3) is 0 Å². The van der Waals surface area contributed by atoms with Gasteiger partial charge in [-0.25, -0.2) is 8.78 Å². The molecule has 0 spiro atoms. The Balaban J connectivity index is 3.06. The molecule has 7 heteroatoms. The van der Waals surface area contributed by atoms with Crippen molar-refractivity contribution >= 4 is 5.97 Å². The summed E-state index contributed by atoms with van der Waals surface area (Å²) in [6.07, 6.45) is -5.83. The summed E-state index contributed by atoms with van der Waals surface area (Å²) in [5.74, 6) is -4.12. The summed E-state index contributed by atoms with van der Waals surface area (Å²) >= 11 is 0. The molecule has 0 aliphatic carbocycles. The number of rotatable bonds is 3. The van der Waals surface area contributed by atoms with E-state index < -0.39 is 41.3 Å². The van der Waals surface area contributed by atoms with E-state index in [4.69, 9.17) is 5.11 Å². The van der Waals surface area contributed by atoms with Crippen LogP contribution in [0.5, 0.6) is 0 Å². The van der Waals surface area contributed by atoms with Crippen molar-refractivity contribution in [1.29, 1.82) is 0 Å². The molecule has 0 aliphatic heterocycles. The molecule has 0 saturated heterocycles. The average molecular weight is 254 g/mol. The summed E-state index contributed by atoms with van der Waals surface area (Å²) in [7, 11) is 0. The molecular weight excluding hydrogens is 247 g/mol. The second-order valence-electron chi connectivity index (χ2n) is 3.31. The Labute approximate surface area is 92.7 Å². The Morgan fingerprint density at radius 3 is 2.24 bits per heavy atom. The molecular formula is C10H7F5O2. The fraction of sp³-hybridized carbons (Fsp3) is 0.300. The molecule has 1 N–H and O–H groups in total. The van der Waals surface area contributed by atoms with E-state index in [1.807, 2.05) is 0 Å². The smallest absolute Gasteiger partial charge is 0.419 e. The number of alkyl halides is 3. The molecule has 1 aromatic carbocycles. The van der Waals surface area contributed by atoms with E-state index in [0.717, 1.165) is 0 Å². The Kier molecular flexibility index (Phi) is 3.69. The first-order valence-electron chi connectivity index (χ1n) is 4.48. The fourth-order valence-corrected chi connectivity index (χ4v) is 1.24. The highest BCUT2D eigenvalue weighted by atomic mass is 19.4. The molecule has 0 radical (unpaired) electrons. The third kappa shape index (κ3) is 3.40. The lowest BCUT2D eigenvalue weighted by Crippen LogP contribution is -2.10. The summed E-state index contributed by atoms with van der Waals surface area (Å²) < 4.78 is 62.7. The van der Waals surface area contributed by atoms with E-state index in [2.05, 4.69) is 0 Å². The molecule has 0 saturated carbocycles. The predicted octanol–water partition coefficient (Wildman–Crippen LogP) is 3.00. The predicted molar refractivity (Wildman–Crippen MR) is 47.3 cm³/mol. The molecule has 1 aromatic rings. The van der Waals surface area contributed by atoms with Crippen LogP contribution in [0, 0.1) is 11.6 Å². The standard InChI is InChI=1S/C10H7F5O2/c11-7-4-6(10(13,14)15)8(12)3-5(7)1-2-9(16)17/h3-4H,1-2H2,(H,16,17). The van der Waals surface area contributed by atoms with Crippen molar-refractivity contribution in [3.63, 3.8) is 0 Å². The molecule has 0 amide bonds. The Morgan fingerprint density at radius 2 is 1.76 bits per heavy atom. The summed E-state index contributed by atoms with van der Waals surface area (Å²) in [6, 6.07) is 0.410. The normalized spacial score (nSPS) is 11.6. The van der Waals surface area contributed by atoms with Gasteiger partial charge in [-0.05, 0) is 24.1 Å². The fourth-order valence-electron chi connectivity index (χ4n) is 1.24. The van der Waals surface area contributed by atoms with Gasteiger partial charge < -0.3 is 5.11 Å². The number of carboxylic acid groups (broad SMARTS) is 1. The van der Waals surface area contributed by atoms with E-state index in [9.17, 15) is 26.7 Å². The molecule has 2 nitrogen and oxygen atoms in total. The van der Waals surface area contributed by atoms with Crippen molar-refractivity contribution in [2.45, 2.75) is 19.0 Å². The molecule has 0 atom stereocenters. The van der Waals surface area contributed by atoms with Crippen LogP contribution in [-0.2, 0) is 17.4 Å². The largest absolute Gasteiger partial charge is 0.481 e. The van der Waals surface area contributed by atoms with Crippen LogP contribution in [0.15, 0.2) is 12.1 Å². The quantitative estimate of drug-likeness (QED) is 0.842. The Morgan fingerprint density at radius 1 is 1.18 bits per heavy atom. The molecule has 0 aromatic heterocycles. The minimum atomic E-state index is -4.98. The molecule has 94 valence electrons. The van der Waals surface area contributed by atoms with Gasteiger partial charge in [-0.2, -0.15) is 13.2 Å². The van der Waals surface area contributed by atoms with Crippen LogP contribution in [0.3, 0.4) is 0 Å². The van der Waals surface area contributed by atoms with Gasteiger partial charge in [-0.15, -0.1) is 0 Å². The van der Waals surface area contributed by atoms with Crippen LogP contribution < -0.4 is 0 Å². The van der Waals surface area contributed by atoms with Crippen molar-refractivity contribution < 1.29 is 31.9 Å². The molecule has 0 unspecified atom stereocenters. The van der Waals surface area contributed by atoms with Crippen molar-refractivity contribution in [1.82, 2.24) is 0 Å². The molecule has 0 aliphatic rings. The minimum Gasteiger partial charge on any atom is -0.481 e. The number of halogens is 5. The van der Waals surface area contributed by atoms with Crippen LogP contribution in [0.4, 0.5) is 22.0 Å². The zero-order valence-corrected chi connectivity index (χ0v) is 8.31. The minimum absolute atomic E-state index is 0.0342. The van der Waals surface area contributed by atoms with Crippen LogP contribution in [-0.4, -0.2) is 11.1 Å². The molecule has 1 rings (SSSR count). The zero-order valence-electron chi connectivity index (χ0n) is 8.31. The topological polar surface area (TPSA) is 37.3 Å². The SMILES string of the molecule is O=C(O)CCc1cc(F)c(C(F)(F)F)cc1F. The number of carboxylic acids is 1. The lowest BCUT2D eigenvalue weighted by molar-refractivity contribution is -0.140. The highest BCUT2D eigenvalue weighted by molar-refractivity contribution is 5.67. The summed E-state index contributed by atoms with van der Waals surface area (Å²) in [6.45, 7) is 0. The number of carbonyl (C=O) groups is 1. The third-order valence-corrected chi connectivity index (χ3v) is 2.05. The monoisotopic (exact) mass is 254 g/mol. The highest BCUT2D eigenvalue weighted by Gasteiger charge is 2.35. The van der Waals surface area contributed by atoms with Gasteiger partial charge in [0.05, 0.1) is 5.56 Å². The van der Waals surface area contributed by atoms with Crippen molar-refractivity contribution in [2.75, 3.05) is 0 Å². The number of aliphatic carboxylic acids is 1. The van der Waals surface area contributed by atoms with Crippen molar-refractivity contribution in [3.8, 4) is 0 Å². The van der Waals surface area contributed by atoms with E-state index in [1.165, 1.54) is 0 Å². The maximum absolute atomic E-state index is 13.2. The van der Waals surface area contributed by atoms with Gasteiger partial charge in [-0.1, -0.05) is 0 Å². The maximum atomic E-state index is 13.2. The number of benzene rings is 1. The zero-order chi connectivity index (χ0) is 13.2. The first-order valence-corrected chi connectivity index (χ1v) is 4.48. The number of hydrogen-bond acceptors (Lipinski definition) is 1. The second-order valence-corrected chi connectivity index (χ2v) is 3.31. The van der Waals surface area contributed by atoms with Crippen molar-refractivity contribution in [2.24, 2.45) is 0 Å². The molecule has 17 heavy (non-hydrogen) atoms. The van der Waals surface area contributed by atoms with Crippen LogP contribution in [0.1, 0.15) is 17.5 Å². The van der Waals surface area contributed by atoms with Crippen molar-refractivity contribution in [3.05, 3.63) is 34.9 Å².